The van der Waals surface area contributed by atoms with Crippen LogP contribution in [-0.4, -0.2) is 44.7 Å². The van der Waals surface area contributed by atoms with Crippen molar-refractivity contribution in [1.82, 2.24) is 5.32 Å². The van der Waals surface area contributed by atoms with Crippen molar-refractivity contribution in [1.29, 1.82) is 0 Å². The van der Waals surface area contributed by atoms with Crippen molar-refractivity contribution < 1.29 is 19.0 Å². The molecule has 2 aromatic rings. The van der Waals surface area contributed by atoms with Gasteiger partial charge in [0.2, 0.25) is 0 Å². The molecule has 0 spiro atoms. The number of nitrogens with zero attached hydrogens (tertiary/aromatic N) is 1. The molecule has 1 aliphatic rings. The Morgan fingerprint density at radius 2 is 1.84 bits per heavy atom. The van der Waals surface area contributed by atoms with E-state index in [-0.39, 0.29) is 0 Å². The van der Waals surface area contributed by atoms with Crippen LogP contribution in [0.1, 0.15) is 24.0 Å². The molecule has 0 radical (unpaired) electrons. The average Bonchev–Trinajstić information content (AvgIpc) is 2.85. The molecule has 0 saturated carbocycles. The average molecular weight is 455 g/mol. The van der Waals surface area contributed by atoms with Gasteiger partial charge in [0, 0.05) is 12.8 Å². The molecule has 0 aliphatic carbocycles. The number of ether oxygens (including phenoxy) is 3. The standard InChI is InChI=1S/C25H30N2O4S/c1-28-23-8-6-22(7-9-23)18-31-27-14-2-3-20-4-10-24(11-5-20)30-19-25(32)26-17-21-12-15-29-16-13-21/h4-12,14H,2-3,13,15-19H2,1H3,(H,26,32). The molecule has 32 heavy (non-hydrogen) atoms. The SMILES string of the molecule is COc1ccc(CON=CCCc2ccc(OCC(=S)NCC3=CCOCC3)cc2)cc1. The fraction of sp³-hybridized carbons (Fsp3) is 0.360. The van der Waals surface area contributed by atoms with Gasteiger partial charge in [0.1, 0.15) is 29.7 Å². The van der Waals surface area contributed by atoms with E-state index in [9.17, 15) is 0 Å². The van der Waals surface area contributed by atoms with Crippen molar-refractivity contribution in [3.05, 3.63) is 71.3 Å². The molecule has 0 fully saturated rings. The van der Waals surface area contributed by atoms with Gasteiger partial charge in [-0.3, -0.25) is 0 Å². The van der Waals surface area contributed by atoms with Crippen LogP contribution < -0.4 is 14.8 Å². The molecule has 1 aliphatic heterocycles. The minimum absolute atomic E-state index is 0.372. The Kier molecular flexibility index (Phi) is 10.0. The molecule has 1 heterocycles. The molecule has 2 aromatic carbocycles. The lowest BCUT2D eigenvalue weighted by molar-refractivity contribution is 0.131. The van der Waals surface area contributed by atoms with E-state index in [0.29, 0.717) is 24.8 Å². The first-order valence-electron chi connectivity index (χ1n) is 10.7. The molecule has 0 saturated heterocycles. The molecule has 0 aromatic heterocycles. The van der Waals surface area contributed by atoms with E-state index in [0.717, 1.165) is 49.5 Å². The minimum atomic E-state index is 0.372. The third kappa shape index (κ3) is 8.69. The van der Waals surface area contributed by atoms with E-state index in [1.165, 1.54) is 11.1 Å². The molecule has 0 bridgehead atoms. The van der Waals surface area contributed by atoms with Crippen LogP contribution in [0.3, 0.4) is 0 Å². The fourth-order valence-corrected chi connectivity index (χ4v) is 3.19. The summed E-state index contributed by atoms with van der Waals surface area (Å²) in [6.07, 6.45) is 6.55. The topological polar surface area (TPSA) is 61.3 Å². The van der Waals surface area contributed by atoms with Crippen LogP contribution in [0.25, 0.3) is 0 Å². The summed E-state index contributed by atoms with van der Waals surface area (Å²) in [6.45, 7) is 3.04. The van der Waals surface area contributed by atoms with Crippen LogP contribution in [0, 0.1) is 0 Å². The van der Waals surface area contributed by atoms with Crippen LogP contribution >= 0.6 is 12.2 Å². The maximum atomic E-state index is 5.77. The number of thiocarbonyl (C=S) groups is 1. The van der Waals surface area contributed by atoms with Crippen LogP contribution in [0.2, 0.25) is 0 Å². The smallest absolute Gasteiger partial charge is 0.142 e. The van der Waals surface area contributed by atoms with Crippen LogP contribution in [0.5, 0.6) is 11.5 Å². The lowest BCUT2D eigenvalue weighted by Gasteiger charge is -2.15. The Morgan fingerprint density at radius 3 is 2.56 bits per heavy atom. The molecule has 6 nitrogen and oxygen atoms in total. The summed E-state index contributed by atoms with van der Waals surface area (Å²) in [6, 6.07) is 15.8. The Bertz CT molecular complexity index is 895. The van der Waals surface area contributed by atoms with Gasteiger partial charge in [-0.1, -0.05) is 53.3 Å². The zero-order valence-corrected chi connectivity index (χ0v) is 19.2. The maximum absolute atomic E-state index is 5.77. The summed E-state index contributed by atoms with van der Waals surface area (Å²) in [5, 5.41) is 7.27. The van der Waals surface area contributed by atoms with Gasteiger partial charge in [-0.2, -0.15) is 0 Å². The van der Waals surface area contributed by atoms with E-state index in [2.05, 4.69) is 28.7 Å². The van der Waals surface area contributed by atoms with E-state index in [1.807, 2.05) is 36.4 Å². The van der Waals surface area contributed by atoms with Gasteiger partial charge in [0.25, 0.3) is 0 Å². The van der Waals surface area contributed by atoms with Gasteiger partial charge in [0.15, 0.2) is 0 Å². The number of methoxy groups -OCH3 is 1. The van der Waals surface area contributed by atoms with Gasteiger partial charge >= 0.3 is 0 Å². The van der Waals surface area contributed by atoms with Gasteiger partial charge in [0.05, 0.1) is 20.3 Å². The van der Waals surface area contributed by atoms with Gasteiger partial charge in [-0.15, -0.1) is 0 Å². The first-order valence-corrected chi connectivity index (χ1v) is 11.1. The summed E-state index contributed by atoms with van der Waals surface area (Å²) >= 11 is 5.36. The first-order chi connectivity index (χ1) is 15.7. The van der Waals surface area contributed by atoms with Crippen LogP contribution in [-0.2, 0) is 22.6 Å². The molecule has 7 heteroatoms. The predicted octanol–water partition coefficient (Wildman–Crippen LogP) is 4.47. The van der Waals surface area contributed by atoms with E-state index in [4.69, 9.17) is 31.3 Å². The zero-order valence-electron chi connectivity index (χ0n) is 18.4. The number of hydrogen-bond acceptors (Lipinski definition) is 6. The second-order valence-electron chi connectivity index (χ2n) is 7.34. The summed E-state index contributed by atoms with van der Waals surface area (Å²) in [5.41, 5.74) is 3.60. The Balaban J connectivity index is 1.28. The van der Waals surface area contributed by atoms with Crippen molar-refractivity contribution >= 4 is 23.4 Å². The Labute approximate surface area is 195 Å². The Morgan fingerprint density at radius 1 is 1.09 bits per heavy atom. The van der Waals surface area contributed by atoms with Gasteiger partial charge in [-0.25, -0.2) is 0 Å². The molecule has 3 rings (SSSR count). The largest absolute Gasteiger partial charge is 0.497 e. The highest BCUT2D eigenvalue weighted by molar-refractivity contribution is 7.80. The number of oxime groups is 1. The van der Waals surface area contributed by atoms with Crippen molar-refractivity contribution in [2.24, 2.45) is 5.16 Å². The van der Waals surface area contributed by atoms with Crippen molar-refractivity contribution in [3.8, 4) is 11.5 Å². The highest BCUT2D eigenvalue weighted by atomic mass is 32.1. The molecular formula is C25H30N2O4S. The predicted molar refractivity (Wildman–Crippen MR) is 131 cm³/mol. The molecule has 0 amide bonds. The summed E-state index contributed by atoms with van der Waals surface area (Å²) < 4.78 is 16.2. The van der Waals surface area contributed by atoms with Crippen LogP contribution in [0.4, 0.5) is 0 Å². The van der Waals surface area contributed by atoms with Crippen LogP contribution in [0.15, 0.2) is 65.3 Å². The zero-order chi connectivity index (χ0) is 22.4. The summed E-state index contributed by atoms with van der Waals surface area (Å²) in [4.78, 5) is 6.05. The highest BCUT2D eigenvalue weighted by Crippen LogP contribution is 2.14. The maximum Gasteiger partial charge on any atom is 0.142 e. The van der Waals surface area contributed by atoms with Crippen molar-refractivity contribution in [2.75, 3.05) is 33.5 Å². The minimum Gasteiger partial charge on any atom is -0.497 e. The number of hydrogen-bond donors (Lipinski definition) is 1. The van der Waals surface area contributed by atoms with E-state index < -0.39 is 0 Å². The van der Waals surface area contributed by atoms with Crippen molar-refractivity contribution in [2.45, 2.75) is 25.9 Å². The molecule has 170 valence electrons. The third-order valence-corrected chi connectivity index (χ3v) is 5.23. The number of nitrogens with one attached hydrogen (secondary N) is 1. The monoisotopic (exact) mass is 454 g/mol. The third-order valence-electron chi connectivity index (χ3n) is 4.96. The normalized spacial score (nSPS) is 13.5. The van der Waals surface area contributed by atoms with E-state index >= 15 is 0 Å². The summed E-state index contributed by atoms with van der Waals surface area (Å²) in [5.74, 6) is 1.64. The molecule has 0 atom stereocenters. The molecule has 0 unspecified atom stereocenters. The van der Waals surface area contributed by atoms with Gasteiger partial charge < -0.3 is 24.4 Å². The molecular weight excluding hydrogens is 424 g/mol. The Hall–Kier alpha value is -2.90. The quantitative estimate of drug-likeness (QED) is 0.221. The second-order valence-corrected chi connectivity index (χ2v) is 7.84. The van der Waals surface area contributed by atoms with Crippen molar-refractivity contribution in [3.63, 3.8) is 0 Å². The summed E-state index contributed by atoms with van der Waals surface area (Å²) in [7, 11) is 1.65. The second kappa shape index (κ2) is 13.5. The highest BCUT2D eigenvalue weighted by Gasteiger charge is 2.05. The molecule has 1 N–H and O–H groups in total. The first kappa shape index (κ1) is 23.8. The lowest BCUT2D eigenvalue weighted by atomic mass is 10.1. The number of benzene rings is 2. The number of rotatable bonds is 12. The van der Waals surface area contributed by atoms with E-state index in [1.54, 1.807) is 13.3 Å². The lowest BCUT2D eigenvalue weighted by Crippen LogP contribution is -2.29. The fourth-order valence-electron chi connectivity index (χ4n) is 3.06. The number of aryl methyl sites for hydroxylation is 1. The van der Waals surface area contributed by atoms with Gasteiger partial charge in [-0.05, 0) is 54.7 Å².